The van der Waals surface area contributed by atoms with E-state index in [4.69, 9.17) is 5.14 Å². The zero-order valence-corrected chi connectivity index (χ0v) is 12.7. The van der Waals surface area contributed by atoms with Crippen LogP contribution in [0.1, 0.15) is 29.8 Å². The van der Waals surface area contributed by atoms with E-state index in [-0.39, 0.29) is 24.0 Å². The number of rotatable bonds is 3. The number of carbonyl (C=O) groups excluding carboxylic acids is 1. The Balaban J connectivity index is 1.77. The van der Waals surface area contributed by atoms with Crippen LogP contribution in [0, 0.1) is 5.92 Å². The number of thiazole rings is 1. The Morgan fingerprint density at radius 2 is 2.10 bits per heavy atom. The van der Waals surface area contributed by atoms with Crippen molar-refractivity contribution >= 4 is 32.4 Å². The van der Waals surface area contributed by atoms with Gasteiger partial charge < -0.3 is 0 Å². The Morgan fingerprint density at radius 1 is 1.35 bits per heavy atom. The first-order chi connectivity index (χ1) is 9.42. The first-order valence-electron chi connectivity index (χ1n) is 6.72. The molecule has 0 spiro atoms. The van der Waals surface area contributed by atoms with Crippen molar-refractivity contribution in [3.63, 3.8) is 0 Å². The van der Waals surface area contributed by atoms with Crippen LogP contribution in [0.3, 0.4) is 0 Å². The first-order valence-corrected chi connectivity index (χ1v) is 9.25. The third kappa shape index (κ3) is 2.87. The quantitative estimate of drug-likeness (QED) is 0.887. The summed E-state index contributed by atoms with van der Waals surface area (Å²) in [5, 5.41) is 5.77. The van der Waals surface area contributed by atoms with Gasteiger partial charge in [-0.1, -0.05) is 0 Å². The summed E-state index contributed by atoms with van der Waals surface area (Å²) in [4.78, 5) is 19.5. The van der Waals surface area contributed by atoms with Gasteiger partial charge in [-0.05, 0) is 25.7 Å². The van der Waals surface area contributed by atoms with Crippen molar-refractivity contribution < 1.29 is 13.2 Å². The van der Waals surface area contributed by atoms with Gasteiger partial charge in [0.25, 0.3) is 0 Å². The molecule has 2 aliphatic rings. The van der Waals surface area contributed by atoms with Gasteiger partial charge in [-0.25, -0.2) is 18.5 Å². The number of primary sulfonamides is 1. The highest BCUT2D eigenvalue weighted by atomic mass is 32.2. The SMILES string of the molecule is NS(=O)(=O)CC1CC(=O)N(c2nc3c(s2)CCCC3)C1. The number of hydrogen-bond donors (Lipinski definition) is 1. The van der Waals surface area contributed by atoms with Gasteiger partial charge in [0, 0.05) is 23.8 Å². The van der Waals surface area contributed by atoms with Crippen LogP contribution in [0.5, 0.6) is 0 Å². The van der Waals surface area contributed by atoms with E-state index in [0.29, 0.717) is 6.54 Å². The van der Waals surface area contributed by atoms with Gasteiger partial charge in [-0.2, -0.15) is 0 Å². The molecule has 1 aliphatic carbocycles. The maximum absolute atomic E-state index is 12.0. The molecule has 1 saturated heterocycles. The van der Waals surface area contributed by atoms with Crippen LogP contribution in [0.25, 0.3) is 0 Å². The van der Waals surface area contributed by atoms with Gasteiger partial charge in [-0.3, -0.25) is 9.69 Å². The van der Waals surface area contributed by atoms with Crippen molar-refractivity contribution in [1.29, 1.82) is 0 Å². The van der Waals surface area contributed by atoms with Crippen LogP contribution in [0.2, 0.25) is 0 Å². The molecule has 0 bridgehead atoms. The number of hydrogen-bond acceptors (Lipinski definition) is 5. The van der Waals surface area contributed by atoms with E-state index in [0.717, 1.165) is 30.1 Å². The summed E-state index contributed by atoms with van der Waals surface area (Å²) in [5.74, 6) is -0.413. The van der Waals surface area contributed by atoms with Crippen molar-refractivity contribution in [2.75, 3.05) is 17.2 Å². The van der Waals surface area contributed by atoms with Crippen molar-refractivity contribution in [1.82, 2.24) is 4.98 Å². The topological polar surface area (TPSA) is 93.4 Å². The van der Waals surface area contributed by atoms with Gasteiger partial charge in [0.05, 0.1) is 11.4 Å². The lowest BCUT2D eigenvalue weighted by molar-refractivity contribution is -0.117. The molecule has 8 heteroatoms. The van der Waals surface area contributed by atoms with E-state index in [1.54, 1.807) is 16.2 Å². The summed E-state index contributed by atoms with van der Waals surface area (Å²) < 4.78 is 22.3. The smallest absolute Gasteiger partial charge is 0.229 e. The lowest BCUT2D eigenvalue weighted by Gasteiger charge is -2.12. The summed E-state index contributed by atoms with van der Waals surface area (Å²) >= 11 is 1.57. The second kappa shape index (κ2) is 5.09. The summed E-state index contributed by atoms with van der Waals surface area (Å²) in [6.07, 6.45) is 4.58. The van der Waals surface area contributed by atoms with Crippen LogP contribution >= 0.6 is 11.3 Å². The molecule has 1 aromatic rings. The Morgan fingerprint density at radius 3 is 2.80 bits per heavy atom. The Labute approximate surface area is 122 Å². The number of amides is 1. The molecule has 0 aromatic carbocycles. The van der Waals surface area contributed by atoms with E-state index in [9.17, 15) is 13.2 Å². The van der Waals surface area contributed by atoms with E-state index in [2.05, 4.69) is 4.98 Å². The molecule has 20 heavy (non-hydrogen) atoms. The average Bonchev–Trinajstić information content (AvgIpc) is 2.90. The Bertz CT molecular complexity index is 615. The van der Waals surface area contributed by atoms with Gasteiger partial charge in [0.1, 0.15) is 0 Å². The predicted octanol–water partition coefficient (Wildman–Crippen LogP) is 0.663. The van der Waals surface area contributed by atoms with Crippen LogP contribution in [0.15, 0.2) is 0 Å². The number of anilines is 1. The highest BCUT2D eigenvalue weighted by Crippen LogP contribution is 2.34. The number of sulfonamides is 1. The van der Waals surface area contributed by atoms with E-state index in [1.807, 2.05) is 0 Å². The predicted molar refractivity (Wildman–Crippen MR) is 77.2 cm³/mol. The maximum atomic E-state index is 12.0. The molecule has 110 valence electrons. The largest absolute Gasteiger partial charge is 0.288 e. The Hall–Kier alpha value is -0.990. The molecule has 0 radical (unpaired) electrons. The van der Waals surface area contributed by atoms with Crippen molar-refractivity contribution in [3.05, 3.63) is 10.6 Å². The summed E-state index contributed by atoms with van der Waals surface area (Å²) in [5.41, 5.74) is 1.11. The third-order valence-electron chi connectivity index (χ3n) is 3.74. The molecule has 1 unspecified atom stereocenters. The number of aromatic nitrogens is 1. The van der Waals surface area contributed by atoms with Gasteiger partial charge in [0.2, 0.25) is 15.9 Å². The van der Waals surface area contributed by atoms with Crippen LogP contribution in [-0.2, 0) is 27.7 Å². The molecule has 0 saturated carbocycles. The number of fused-ring (bicyclic) bond motifs is 1. The summed E-state index contributed by atoms with van der Waals surface area (Å²) in [6.45, 7) is 0.404. The van der Waals surface area contributed by atoms with Crippen molar-refractivity contribution in [3.8, 4) is 0 Å². The molecular formula is C12H17N3O3S2. The molecular weight excluding hydrogens is 298 g/mol. The van der Waals surface area contributed by atoms with Crippen LogP contribution in [-0.4, -0.2) is 31.6 Å². The number of carbonyl (C=O) groups is 1. The second-order valence-electron chi connectivity index (χ2n) is 5.48. The lowest BCUT2D eigenvalue weighted by atomic mass is 10.0. The zero-order chi connectivity index (χ0) is 14.3. The minimum Gasteiger partial charge on any atom is -0.288 e. The first kappa shape index (κ1) is 14.0. The monoisotopic (exact) mass is 315 g/mol. The highest BCUT2D eigenvalue weighted by Gasteiger charge is 2.34. The van der Waals surface area contributed by atoms with Gasteiger partial charge >= 0.3 is 0 Å². The summed E-state index contributed by atoms with van der Waals surface area (Å²) in [7, 11) is -3.53. The number of aryl methyl sites for hydroxylation is 2. The van der Waals surface area contributed by atoms with Crippen molar-refractivity contribution in [2.45, 2.75) is 32.1 Å². The van der Waals surface area contributed by atoms with E-state index >= 15 is 0 Å². The Kier molecular flexibility index (Phi) is 3.55. The summed E-state index contributed by atoms with van der Waals surface area (Å²) in [6, 6.07) is 0. The number of nitrogens with two attached hydrogens (primary N) is 1. The minimum atomic E-state index is -3.53. The normalized spacial score (nSPS) is 23.1. The van der Waals surface area contributed by atoms with Gasteiger partial charge in [0.15, 0.2) is 5.13 Å². The molecule has 1 amide bonds. The third-order valence-corrected chi connectivity index (χ3v) is 5.85. The van der Waals surface area contributed by atoms with E-state index < -0.39 is 10.0 Å². The molecule has 6 nitrogen and oxygen atoms in total. The molecule has 3 rings (SSSR count). The fourth-order valence-corrected chi connectivity index (χ4v) is 4.92. The molecule has 1 fully saturated rings. The zero-order valence-electron chi connectivity index (χ0n) is 11.0. The highest BCUT2D eigenvalue weighted by molar-refractivity contribution is 7.89. The van der Waals surface area contributed by atoms with E-state index in [1.165, 1.54) is 11.3 Å². The number of nitrogens with zero attached hydrogens (tertiary/aromatic N) is 2. The molecule has 2 N–H and O–H groups in total. The van der Waals surface area contributed by atoms with Crippen LogP contribution in [0.4, 0.5) is 5.13 Å². The standard InChI is InChI=1S/C12H17N3O3S2/c13-20(17,18)7-8-5-11(16)15(6-8)12-14-9-3-1-2-4-10(9)19-12/h8H,1-7H2,(H2,13,17,18). The average molecular weight is 315 g/mol. The van der Waals surface area contributed by atoms with Gasteiger partial charge in [-0.15, -0.1) is 11.3 Å². The van der Waals surface area contributed by atoms with Crippen LogP contribution < -0.4 is 10.0 Å². The van der Waals surface area contributed by atoms with Crippen molar-refractivity contribution in [2.24, 2.45) is 11.1 Å². The minimum absolute atomic E-state index is 0.0512. The second-order valence-corrected chi connectivity index (χ2v) is 8.20. The fraction of sp³-hybridized carbons (Fsp3) is 0.667. The fourth-order valence-electron chi connectivity index (χ4n) is 2.86. The lowest BCUT2D eigenvalue weighted by Crippen LogP contribution is -2.27. The molecule has 1 aromatic heterocycles. The molecule has 1 aliphatic heterocycles. The maximum Gasteiger partial charge on any atom is 0.229 e. The molecule has 2 heterocycles. The molecule has 1 atom stereocenters.